The normalized spacial score (nSPS) is 15.6. The molecular formula is C15H21NO3S. The summed E-state index contributed by atoms with van der Waals surface area (Å²) in [5, 5.41) is 0. The molecule has 1 aliphatic carbocycles. The average molecular weight is 295 g/mol. The maximum absolute atomic E-state index is 12.6. The standard InChI is InChI=1S/C15H21NO3S/c1-4-16(5-2)20(18,19)14-10-13(7-6-11(14)3)15(17)12-8-9-12/h6-7,10,12H,4-5,8-9H2,1-3H3. The largest absolute Gasteiger partial charge is 0.294 e. The fourth-order valence-electron chi connectivity index (χ4n) is 2.32. The van der Waals surface area contributed by atoms with Crippen molar-refractivity contribution < 1.29 is 13.2 Å². The molecule has 0 N–H and O–H groups in total. The molecule has 0 aromatic heterocycles. The molecule has 0 amide bonds. The molecule has 0 spiro atoms. The number of benzene rings is 1. The summed E-state index contributed by atoms with van der Waals surface area (Å²) in [7, 11) is -3.51. The number of nitrogens with zero attached hydrogens (tertiary/aromatic N) is 1. The molecule has 1 fully saturated rings. The van der Waals surface area contributed by atoms with Gasteiger partial charge in [0.25, 0.3) is 0 Å². The van der Waals surface area contributed by atoms with E-state index in [1.807, 2.05) is 13.8 Å². The van der Waals surface area contributed by atoms with Crippen molar-refractivity contribution in [3.63, 3.8) is 0 Å². The second-order valence-corrected chi connectivity index (χ2v) is 7.11. The molecule has 0 saturated heterocycles. The monoisotopic (exact) mass is 295 g/mol. The van der Waals surface area contributed by atoms with Crippen molar-refractivity contribution in [3.8, 4) is 0 Å². The average Bonchev–Trinajstić information content (AvgIpc) is 3.23. The van der Waals surface area contributed by atoms with Crippen LogP contribution >= 0.6 is 0 Å². The molecule has 4 nitrogen and oxygen atoms in total. The minimum Gasteiger partial charge on any atom is -0.294 e. The van der Waals surface area contributed by atoms with Crippen LogP contribution in [0.15, 0.2) is 23.1 Å². The van der Waals surface area contributed by atoms with Crippen LogP contribution in [0.4, 0.5) is 0 Å². The number of hydrogen-bond donors (Lipinski definition) is 0. The fraction of sp³-hybridized carbons (Fsp3) is 0.533. The minimum atomic E-state index is -3.51. The highest BCUT2D eigenvalue weighted by molar-refractivity contribution is 7.89. The molecule has 1 aliphatic rings. The summed E-state index contributed by atoms with van der Waals surface area (Å²) in [6.45, 7) is 6.26. The molecule has 5 heteroatoms. The molecule has 1 aromatic carbocycles. The smallest absolute Gasteiger partial charge is 0.243 e. The van der Waals surface area contributed by atoms with Crippen molar-refractivity contribution >= 4 is 15.8 Å². The minimum absolute atomic E-state index is 0.0704. The van der Waals surface area contributed by atoms with Crippen molar-refractivity contribution in [2.45, 2.75) is 38.5 Å². The van der Waals surface area contributed by atoms with E-state index >= 15 is 0 Å². The molecule has 0 atom stereocenters. The van der Waals surface area contributed by atoms with Crippen molar-refractivity contribution in [1.29, 1.82) is 0 Å². The van der Waals surface area contributed by atoms with Crippen LogP contribution in [-0.2, 0) is 10.0 Å². The van der Waals surface area contributed by atoms with Crippen molar-refractivity contribution in [2.24, 2.45) is 5.92 Å². The van der Waals surface area contributed by atoms with Crippen LogP contribution in [0.5, 0.6) is 0 Å². The summed E-state index contributed by atoms with van der Waals surface area (Å²) in [5.74, 6) is 0.169. The van der Waals surface area contributed by atoms with Gasteiger partial charge in [-0.1, -0.05) is 26.0 Å². The van der Waals surface area contributed by atoms with Gasteiger partial charge in [-0.3, -0.25) is 4.79 Å². The van der Waals surface area contributed by atoms with Crippen molar-refractivity contribution in [2.75, 3.05) is 13.1 Å². The third-order valence-corrected chi connectivity index (χ3v) is 5.94. The SMILES string of the molecule is CCN(CC)S(=O)(=O)c1cc(C(=O)C2CC2)ccc1C. The molecule has 0 heterocycles. The van der Waals surface area contributed by atoms with E-state index in [0.717, 1.165) is 12.8 Å². The second-order valence-electron chi connectivity index (χ2n) is 5.21. The lowest BCUT2D eigenvalue weighted by molar-refractivity contribution is 0.0967. The van der Waals surface area contributed by atoms with Crippen molar-refractivity contribution in [1.82, 2.24) is 4.31 Å². The quantitative estimate of drug-likeness (QED) is 0.758. The molecule has 0 unspecified atom stereocenters. The molecule has 0 radical (unpaired) electrons. The molecule has 2 rings (SSSR count). The van der Waals surface area contributed by atoms with E-state index in [1.165, 1.54) is 4.31 Å². The van der Waals surface area contributed by atoms with E-state index in [9.17, 15) is 13.2 Å². The van der Waals surface area contributed by atoms with Gasteiger partial charge >= 0.3 is 0 Å². The molecule has 1 aromatic rings. The first kappa shape index (κ1) is 15.2. The lowest BCUT2D eigenvalue weighted by Crippen LogP contribution is -2.31. The number of carbonyl (C=O) groups is 1. The predicted octanol–water partition coefficient (Wildman–Crippen LogP) is 2.62. The van der Waals surface area contributed by atoms with Gasteiger partial charge in [0.2, 0.25) is 10.0 Å². The summed E-state index contributed by atoms with van der Waals surface area (Å²) < 4.78 is 26.6. The molecule has 0 bridgehead atoms. The second kappa shape index (κ2) is 5.66. The molecule has 0 aliphatic heterocycles. The molecule has 110 valence electrons. The Labute approximate surface area is 120 Å². The lowest BCUT2D eigenvalue weighted by atomic mass is 10.1. The Balaban J connectivity index is 2.45. The van der Waals surface area contributed by atoms with Gasteiger partial charge in [0.15, 0.2) is 5.78 Å². The Kier molecular flexibility index (Phi) is 4.30. The van der Waals surface area contributed by atoms with E-state index in [1.54, 1.807) is 25.1 Å². The Bertz CT molecular complexity index is 614. The van der Waals surface area contributed by atoms with Gasteiger partial charge in [0.1, 0.15) is 0 Å². The van der Waals surface area contributed by atoms with E-state index in [-0.39, 0.29) is 16.6 Å². The maximum Gasteiger partial charge on any atom is 0.243 e. The number of hydrogen-bond acceptors (Lipinski definition) is 3. The predicted molar refractivity (Wildman–Crippen MR) is 78.3 cm³/mol. The first-order valence-corrected chi connectivity index (χ1v) is 8.50. The van der Waals surface area contributed by atoms with Crippen LogP contribution in [0, 0.1) is 12.8 Å². The number of rotatable bonds is 6. The first-order chi connectivity index (χ1) is 9.41. The topological polar surface area (TPSA) is 54.5 Å². The highest BCUT2D eigenvalue weighted by Crippen LogP contribution is 2.33. The van der Waals surface area contributed by atoms with Gasteiger partial charge in [0.05, 0.1) is 4.90 Å². The van der Waals surface area contributed by atoms with E-state index < -0.39 is 10.0 Å². The maximum atomic E-state index is 12.6. The zero-order valence-corrected chi connectivity index (χ0v) is 13.0. The van der Waals surface area contributed by atoms with Crippen LogP contribution < -0.4 is 0 Å². The van der Waals surface area contributed by atoms with E-state index in [0.29, 0.717) is 24.2 Å². The highest BCUT2D eigenvalue weighted by Gasteiger charge is 2.32. The lowest BCUT2D eigenvalue weighted by Gasteiger charge is -2.20. The Morgan fingerprint density at radius 2 is 1.85 bits per heavy atom. The molecular weight excluding hydrogens is 274 g/mol. The zero-order chi connectivity index (χ0) is 14.9. The van der Waals surface area contributed by atoms with Crippen LogP contribution in [0.1, 0.15) is 42.6 Å². The summed E-state index contributed by atoms with van der Waals surface area (Å²) in [6.07, 6.45) is 1.84. The molecule has 1 saturated carbocycles. The summed E-state index contributed by atoms with van der Waals surface area (Å²) in [6, 6.07) is 5.01. The number of carbonyl (C=O) groups excluding carboxylic acids is 1. The first-order valence-electron chi connectivity index (χ1n) is 7.06. The van der Waals surface area contributed by atoms with Gasteiger partial charge in [-0.15, -0.1) is 0 Å². The van der Waals surface area contributed by atoms with Crippen LogP contribution in [0.2, 0.25) is 0 Å². The van der Waals surface area contributed by atoms with Gasteiger partial charge in [-0.2, -0.15) is 4.31 Å². The number of sulfonamides is 1. The summed E-state index contributed by atoms with van der Waals surface area (Å²) in [5.41, 5.74) is 1.20. The van der Waals surface area contributed by atoms with Crippen molar-refractivity contribution in [3.05, 3.63) is 29.3 Å². The fourth-order valence-corrected chi connectivity index (χ4v) is 4.02. The number of ketones is 1. The van der Waals surface area contributed by atoms with E-state index in [4.69, 9.17) is 0 Å². The summed E-state index contributed by atoms with van der Waals surface area (Å²) in [4.78, 5) is 12.4. The van der Waals surface area contributed by atoms with Crippen LogP contribution in [0.3, 0.4) is 0 Å². The molecule has 20 heavy (non-hydrogen) atoms. The van der Waals surface area contributed by atoms with Crippen LogP contribution in [-0.4, -0.2) is 31.6 Å². The summed E-state index contributed by atoms with van der Waals surface area (Å²) >= 11 is 0. The third-order valence-electron chi connectivity index (χ3n) is 3.74. The van der Waals surface area contributed by atoms with Gasteiger partial charge in [0, 0.05) is 24.6 Å². The number of Topliss-reactive ketones (excluding diaryl/α,β-unsaturated/α-hetero) is 1. The third kappa shape index (κ3) is 2.79. The van der Waals surface area contributed by atoms with Gasteiger partial charge < -0.3 is 0 Å². The van der Waals surface area contributed by atoms with Gasteiger partial charge in [-0.25, -0.2) is 8.42 Å². The van der Waals surface area contributed by atoms with Gasteiger partial charge in [-0.05, 0) is 31.4 Å². The number of aryl methyl sites for hydroxylation is 1. The van der Waals surface area contributed by atoms with E-state index in [2.05, 4.69) is 0 Å². The highest BCUT2D eigenvalue weighted by atomic mass is 32.2. The Morgan fingerprint density at radius 1 is 1.25 bits per heavy atom. The Hall–Kier alpha value is -1.20. The zero-order valence-electron chi connectivity index (χ0n) is 12.2. The van der Waals surface area contributed by atoms with Crippen LogP contribution in [0.25, 0.3) is 0 Å². The Morgan fingerprint density at radius 3 is 2.35 bits per heavy atom.